The summed E-state index contributed by atoms with van der Waals surface area (Å²) in [6.07, 6.45) is 3.83. The Morgan fingerprint density at radius 2 is 2.05 bits per heavy atom. The van der Waals surface area contributed by atoms with Crippen LogP contribution in [0.1, 0.15) is 12.8 Å². The second-order valence-corrected chi connectivity index (χ2v) is 5.34. The summed E-state index contributed by atoms with van der Waals surface area (Å²) in [5, 5.41) is 4.34. The topological polar surface area (TPSA) is 47.1 Å². The normalized spacial score (nSPS) is 16.6. The quantitative estimate of drug-likeness (QED) is 0.913. The number of nitrogens with two attached hydrogens (primary N) is 1. The molecule has 0 spiro atoms. The molecule has 106 valence electrons. The number of halogens is 1. The van der Waals surface area contributed by atoms with Crippen molar-refractivity contribution in [1.29, 1.82) is 0 Å². The van der Waals surface area contributed by atoms with Gasteiger partial charge in [0.2, 0.25) is 0 Å². The van der Waals surface area contributed by atoms with Crippen LogP contribution in [0, 0.1) is 5.82 Å². The molecule has 0 amide bonds. The molecular weight excluding hydrogens is 255 g/mol. The Kier molecular flexibility index (Phi) is 3.44. The first-order chi connectivity index (χ1) is 9.65. The maximum Gasteiger partial charge on any atom is 0.123 e. The molecule has 2 heterocycles. The van der Waals surface area contributed by atoms with Crippen LogP contribution in [0.2, 0.25) is 0 Å². The number of rotatable bonds is 2. The molecule has 0 atom stereocenters. The maximum absolute atomic E-state index is 13.5. The molecule has 1 aromatic carbocycles. The Bertz CT molecular complexity index is 600. The van der Waals surface area contributed by atoms with E-state index in [1.54, 1.807) is 16.8 Å². The molecule has 1 aromatic heterocycles. The van der Waals surface area contributed by atoms with Gasteiger partial charge in [-0.2, -0.15) is 5.10 Å². The molecule has 1 fully saturated rings. The highest BCUT2D eigenvalue weighted by atomic mass is 19.1. The van der Waals surface area contributed by atoms with E-state index < -0.39 is 0 Å². The van der Waals surface area contributed by atoms with Crippen molar-refractivity contribution < 1.29 is 4.39 Å². The molecule has 2 aromatic rings. The first-order valence-corrected chi connectivity index (χ1v) is 6.93. The predicted octanol–water partition coefficient (Wildman–Crippen LogP) is 2.15. The highest BCUT2D eigenvalue weighted by molar-refractivity contribution is 5.75. The van der Waals surface area contributed by atoms with Gasteiger partial charge >= 0.3 is 0 Å². The third kappa shape index (κ3) is 2.41. The fourth-order valence-electron chi connectivity index (χ4n) is 2.77. The van der Waals surface area contributed by atoms with Gasteiger partial charge in [0.25, 0.3) is 0 Å². The first-order valence-electron chi connectivity index (χ1n) is 6.93. The molecule has 0 aliphatic carbocycles. The van der Waals surface area contributed by atoms with Crippen molar-refractivity contribution in [1.82, 2.24) is 9.78 Å². The average Bonchev–Trinajstić information content (AvgIpc) is 2.81. The summed E-state index contributed by atoms with van der Waals surface area (Å²) in [4.78, 5) is 2.29. The van der Waals surface area contributed by atoms with Crippen LogP contribution in [-0.2, 0) is 7.05 Å². The molecule has 0 unspecified atom stereocenters. The zero-order valence-electron chi connectivity index (χ0n) is 11.6. The molecule has 0 radical (unpaired) electrons. The summed E-state index contributed by atoms with van der Waals surface area (Å²) in [5.41, 5.74) is 8.83. The Morgan fingerprint density at radius 1 is 1.30 bits per heavy atom. The number of benzene rings is 1. The molecular formula is C15H19FN4. The lowest BCUT2D eigenvalue weighted by molar-refractivity contribution is 0.501. The van der Waals surface area contributed by atoms with Crippen molar-refractivity contribution in [3.63, 3.8) is 0 Å². The lowest BCUT2D eigenvalue weighted by Gasteiger charge is -2.31. The van der Waals surface area contributed by atoms with Gasteiger partial charge in [-0.1, -0.05) is 12.1 Å². The predicted molar refractivity (Wildman–Crippen MR) is 78.0 cm³/mol. The minimum absolute atomic E-state index is 0.227. The Labute approximate surface area is 118 Å². The molecule has 1 aliphatic rings. The largest absolute Gasteiger partial charge is 0.368 e. The Balaban J connectivity index is 1.97. The standard InChI is InChI=1S/C15H19FN4/c1-19-15(11-3-2-4-12(16)9-11)14(10-18-19)20-7-5-13(17)6-8-20/h2-4,9-10,13H,5-8,17H2,1H3. The zero-order valence-corrected chi connectivity index (χ0v) is 11.6. The fourth-order valence-corrected chi connectivity index (χ4v) is 2.77. The second-order valence-electron chi connectivity index (χ2n) is 5.34. The molecule has 0 bridgehead atoms. The summed E-state index contributed by atoms with van der Waals surface area (Å²) in [6, 6.07) is 6.95. The smallest absolute Gasteiger partial charge is 0.123 e. The van der Waals surface area contributed by atoms with E-state index in [1.165, 1.54) is 6.07 Å². The summed E-state index contributed by atoms with van der Waals surface area (Å²) in [7, 11) is 1.89. The van der Waals surface area contributed by atoms with E-state index in [0.29, 0.717) is 6.04 Å². The monoisotopic (exact) mass is 274 g/mol. The van der Waals surface area contributed by atoms with Crippen molar-refractivity contribution in [3.05, 3.63) is 36.3 Å². The van der Waals surface area contributed by atoms with Crippen molar-refractivity contribution in [2.24, 2.45) is 12.8 Å². The third-order valence-electron chi connectivity index (χ3n) is 3.90. The lowest BCUT2D eigenvalue weighted by atomic mass is 10.0. The lowest BCUT2D eigenvalue weighted by Crippen LogP contribution is -2.39. The van der Waals surface area contributed by atoms with E-state index in [0.717, 1.165) is 42.9 Å². The number of aryl methyl sites for hydroxylation is 1. The molecule has 1 aliphatic heterocycles. The summed E-state index contributed by atoms with van der Waals surface area (Å²) < 4.78 is 15.3. The molecule has 1 saturated heterocycles. The summed E-state index contributed by atoms with van der Waals surface area (Å²) in [6.45, 7) is 1.85. The van der Waals surface area contributed by atoms with Crippen molar-refractivity contribution in [2.45, 2.75) is 18.9 Å². The average molecular weight is 274 g/mol. The van der Waals surface area contributed by atoms with Crippen LogP contribution in [0.15, 0.2) is 30.5 Å². The first kappa shape index (κ1) is 13.1. The molecule has 5 heteroatoms. The van der Waals surface area contributed by atoms with Gasteiger partial charge in [-0.25, -0.2) is 4.39 Å². The minimum atomic E-state index is -0.227. The van der Waals surface area contributed by atoms with Crippen LogP contribution in [0.3, 0.4) is 0 Å². The van der Waals surface area contributed by atoms with E-state index >= 15 is 0 Å². The third-order valence-corrected chi connectivity index (χ3v) is 3.90. The van der Waals surface area contributed by atoms with Gasteiger partial charge in [0.15, 0.2) is 0 Å². The molecule has 3 rings (SSSR count). The highest BCUT2D eigenvalue weighted by Gasteiger charge is 2.21. The molecule has 2 N–H and O–H groups in total. The van der Waals surface area contributed by atoms with Crippen LogP contribution in [0.25, 0.3) is 11.3 Å². The summed E-state index contributed by atoms with van der Waals surface area (Å²) in [5.74, 6) is -0.227. The van der Waals surface area contributed by atoms with Gasteiger partial charge < -0.3 is 10.6 Å². The van der Waals surface area contributed by atoms with Gasteiger partial charge in [0.1, 0.15) is 5.82 Å². The molecule has 0 saturated carbocycles. The number of piperidine rings is 1. The van der Waals surface area contributed by atoms with E-state index in [2.05, 4.69) is 10.00 Å². The maximum atomic E-state index is 13.5. The molecule has 20 heavy (non-hydrogen) atoms. The molecule has 4 nitrogen and oxygen atoms in total. The van der Waals surface area contributed by atoms with Gasteiger partial charge in [-0.05, 0) is 25.0 Å². The number of nitrogens with zero attached hydrogens (tertiary/aromatic N) is 3. The van der Waals surface area contributed by atoms with Gasteiger partial charge in [-0.15, -0.1) is 0 Å². The van der Waals surface area contributed by atoms with Gasteiger partial charge in [-0.3, -0.25) is 4.68 Å². The van der Waals surface area contributed by atoms with Crippen molar-refractivity contribution in [3.8, 4) is 11.3 Å². The van der Waals surface area contributed by atoms with E-state index in [4.69, 9.17) is 5.73 Å². The van der Waals surface area contributed by atoms with E-state index in [-0.39, 0.29) is 5.82 Å². The van der Waals surface area contributed by atoms with Gasteiger partial charge in [0.05, 0.1) is 17.6 Å². The number of anilines is 1. The fraction of sp³-hybridized carbons (Fsp3) is 0.400. The number of aromatic nitrogens is 2. The zero-order chi connectivity index (χ0) is 14.1. The Hall–Kier alpha value is -1.88. The van der Waals surface area contributed by atoms with Crippen LogP contribution in [0.4, 0.5) is 10.1 Å². The van der Waals surface area contributed by atoms with Crippen LogP contribution < -0.4 is 10.6 Å². The minimum Gasteiger partial charge on any atom is -0.368 e. The van der Waals surface area contributed by atoms with Crippen LogP contribution in [0.5, 0.6) is 0 Å². The Morgan fingerprint density at radius 3 is 2.75 bits per heavy atom. The van der Waals surface area contributed by atoms with Gasteiger partial charge in [0, 0.05) is 31.7 Å². The van der Waals surface area contributed by atoms with Crippen molar-refractivity contribution in [2.75, 3.05) is 18.0 Å². The highest BCUT2D eigenvalue weighted by Crippen LogP contribution is 2.32. The number of hydrogen-bond donors (Lipinski definition) is 1. The second kappa shape index (κ2) is 5.25. The van der Waals surface area contributed by atoms with Crippen molar-refractivity contribution >= 4 is 5.69 Å². The van der Waals surface area contributed by atoms with Crippen LogP contribution >= 0.6 is 0 Å². The van der Waals surface area contributed by atoms with E-state index in [9.17, 15) is 4.39 Å². The van der Waals surface area contributed by atoms with Crippen LogP contribution in [-0.4, -0.2) is 28.9 Å². The number of hydrogen-bond acceptors (Lipinski definition) is 3. The SMILES string of the molecule is Cn1ncc(N2CCC(N)CC2)c1-c1cccc(F)c1. The van der Waals surface area contributed by atoms with E-state index in [1.807, 2.05) is 19.3 Å². The summed E-state index contributed by atoms with van der Waals surface area (Å²) >= 11 is 0.